The molecule has 0 atom stereocenters. The molecule has 7 heteroatoms. The highest BCUT2D eigenvalue weighted by molar-refractivity contribution is 5.92. The molecule has 2 aliphatic heterocycles. The van der Waals surface area contributed by atoms with Gasteiger partial charge in [0.1, 0.15) is 5.75 Å². The molecule has 160 valence electrons. The number of methoxy groups -OCH3 is 1. The molecule has 0 unspecified atom stereocenters. The molecule has 1 N–H and O–H groups in total. The van der Waals surface area contributed by atoms with Gasteiger partial charge in [-0.25, -0.2) is 0 Å². The minimum Gasteiger partial charge on any atom is -0.497 e. The fraction of sp³-hybridized carbons (Fsp3) is 0.435. The number of anilines is 1. The largest absolute Gasteiger partial charge is 0.497 e. The molecule has 1 saturated heterocycles. The van der Waals surface area contributed by atoms with Crippen LogP contribution in [0.4, 0.5) is 5.69 Å². The van der Waals surface area contributed by atoms with Crippen LogP contribution in [0.2, 0.25) is 0 Å². The topological polar surface area (TPSA) is 63.3 Å². The molecule has 0 spiro atoms. The molecule has 7 nitrogen and oxygen atoms in total. The maximum atomic E-state index is 12.5. The van der Waals surface area contributed by atoms with Crippen molar-refractivity contribution < 1.29 is 19.0 Å². The van der Waals surface area contributed by atoms with Gasteiger partial charge in [-0.3, -0.25) is 14.6 Å². The highest BCUT2D eigenvalue weighted by Gasteiger charge is 2.19. The van der Waals surface area contributed by atoms with Gasteiger partial charge >= 0.3 is 0 Å². The summed E-state index contributed by atoms with van der Waals surface area (Å²) in [7, 11) is 1.68. The third kappa shape index (κ3) is 5.43. The average molecular weight is 412 g/mol. The number of carbonyl (C=O) groups excluding carboxylic acids is 1. The highest BCUT2D eigenvalue weighted by atomic mass is 16.5. The lowest BCUT2D eigenvalue weighted by atomic mass is 10.2. The summed E-state index contributed by atoms with van der Waals surface area (Å²) in [5.41, 5.74) is 2.01. The van der Waals surface area contributed by atoms with Crippen molar-refractivity contribution in [3.05, 3.63) is 48.0 Å². The number of fused-ring (bicyclic) bond motifs is 1. The summed E-state index contributed by atoms with van der Waals surface area (Å²) in [6.07, 6.45) is 0.862. The number of piperazine rings is 1. The monoisotopic (exact) mass is 411 g/mol. The molecule has 2 aromatic rings. The van der Waals surface area contributed by atoms with Crippen molar-refractivity contribution in [3.8, 4) is 17.2 Å². The van der Waals surface area contributed by atoms with Crippen LogP contribution in [0.25, 0.3) is 0 Å². The summed E-state index contributed by atoms with van der Waals surface area (Å²) in [6, 6.07) is 13.8. The first-order valence-corrected chi connectivity index (χ1v) is 10.5. The van der Waals surface area contributed by atoms with Crippen LogP contribution in [0.15, 0.2) is 42.5 Å². The van der Waals surface area contributed by atoms with Crippen LogP contribution < -0.4 is 19.5 Å². The van der Waals surface area contributed by atoms with E-state index in [1.165, 1.54) is 5.56 Å². The van der Waals surface area contributed by atoms with Crippen LogP contribution >= 0.6 is 0 Å². The van der Waals surface area contributed by atoms with Gasteiger partial charge in [0, 0.05) is 50.9 Å². The van der Waals surface area contributed by atoms with Gasteiger partial charge in [0.2, 0.25) is 5.91 Å². The Balaban J connectivity index is 1.23. The van der Waals surface area contributed by atoms with E-state index in [0.717, 1.165) is 56.3 Å². The van der Waals surface area contributed by atoms with Crippen molar-refractivity contribution in [1.29, 1.82) is 0 Å². The molecule has 0 aliphatic carbocycles. The predicted octanol–water partition coefficient (Wildman–Crippen LogP) is 2.61. The smallest absolute Gasteiger partial charge is 0.238 e. The second-order valence-electron chi connectivity index (χ2n) is 7.66. The van der Waals surface area contributed by atoms with Crippen molar-refractivity contribution in [1.82, 2.24) is 9.80 Å². The number of amides is 1. The van der Waals surface area contributed by atoms with E-state index in [-0.39, 0.29) is 5.91 Å². The Labute approximate surface area is 177 Å². The molecule has 0 radical (unpaired) electrons. The summed E-state index contributed by atoms with van der Waals surface area (Å²) in [5.74, 6) is 2.30. The van der Waals surface area contributed by atoms with E-state index in [1.807, 2.05) is 30.3 Å². The minimum absolute atomic E-state index is 0.00639. The molecule has 2 aromatic carbocycles. The Morgan fingerprint density at radius 3 is 2.40 bits per heavy atom. The van der Waals surface area contributed by atoms with Crippen LogP contribution in [0.5, 0.6) is 17.2 Å². The normalized spacial score (nSPS) is 17.2. The molecule has 1 fully saturated rings. The number of rotatable bonds is 6. The molecule has 2 heterocycles. The van der Waals surface area contributed by atoms with Crippen molar-refractivity contribution in [2.45, 2.75) is 13.0 Å². The lowest BCUT2D eigenvalue weighted by Crippen LogP contribution is -2.48. The minimum atomic E-state index is -0.00639. The molecular weight excluding hydrogens is 382 g/mol. The third-order valence-corrected chi connectivity index (χ3v) is 5.43. The van der Waals surface area contributed by atoms with E-state index in [2.05, 4.69) is 27.2 Å². The number of carbonyl (C=O) groups is 1. The van der Waals surface area contributed by atoms with Gasteiger partial charge in [-0.05, 0) is 29.8 Å². The highest BCUT2D eigenvalue weighted by Crippen LogP contribution is 2.32. The Morgan fingerprint density at radius 1 is 0.967 bits per heavy atom. The summed E-state index contributed by atoms with van der Waals surface area (Å²) in [4.78, 5) is 17.1. The van der Waals surface area contributed by atoms with Gasteiger partial charge in [-0.1, -0.05) is 12.1 Å². The molecule has 1 amide bonds. The van der Waals surface area contributed by atoms with Crippen LogP contribution in [0, 0.1) is 0 Å². The van der Waals surface area contributed by atoms with Crippen LogP contribution in [0.1, 0.15) is 12.0 Å². The predicted molar refractivity (Wildman–Crippen MR) is 115 cm³/mol. The Bertz CT molecular complexity index is 848. The molecule has 30 heavy (non-hydrogen) atoms. The van der Waals surface area contributed by atoms with Gasteiger partial charge in [0.15, 0.2) is 11.5 Å². The first-order valence-electron chi connectivity index (χ1n) is 10.5. The molecular formula is C23H29N3O4. The maximum absolute atomic E-state index is 12.5. The molecule has 0 saturated carbocycles. The molecule has 0 bridgehead atoms. The van der Waals surface area contributed by atoms with Crippen LogP contribution in [0.3, 0.4) is 0 Å². The average Bonchev–Trinajstić information content (AvgIpc) is 3.01. The second kappa shape index (κ2) is 9.82. The van der Waals surface area contributed by atoms with Crippen molar-refractivity contribution in [3.63, 3.8) is 0 Å². The third-order valence-electron chi connectivity index (χ3n) is 5.43. The van der Waals surface area contributed by atoms with E-state index in [1.54, 1.807) is 7.11 Å². The van der Waals surface area contributed by atoms with E-state index >= 15 is 0 Å². The number of nitrogens with zero attached hydrogens (tertiary/aromatic N) is 2. The first kappa shape index (κ1) is 20.5. The van der Waals surface area contributed by atoms with Gasteiger partial charge in [-0.15, -0.1) is 0 Å². The summed E-state index contributed by atoms with van der Waals surface area (Å²) in [6.45, 7) is 6.25. The molecule has 0 aromatic heterocycles. The van der Waals surface area contributed by atoms with Crippen LogP contribution in [-0.2, 0) is 11.3 Å². The quantitative estimate of drug-likeness (QED) is 0.789. The Kier molecular flexibility index (Phi) is 6.71. The Hall–Kier alpha value is -2.77. The van der Waals surface area contributed by atoms with Gasteiger partial charge in [0.25, 0.3) is 0 Å². The van der Waals surface area contributed by atoms with Crippen molar-refractivity contribution in [2.75, 3.05) is 58.4 Å². The first-order chi connectivity index (χ1) is 14.7. The van der Waals surface area contributed by atoms with Gasteiger partial charge in [0.05, 0.1) is 26.9 Å². The number of benzene rings is 2. The summed E-state index contributed by atoms with van der Waals surface area (Å²) in [5, 5.41) is 2.98. The summed E-state index contributed by atoms with van der Waals surface area (Å²) < 4.78 is 16.5. The van der Waals surface area contributed by atoms with E-state index < -0.39 is 0 Å². The molecule has 4 rings (SSSR count). The number of nitrogens with one attached hydrogen (secondary N) is 1. The fourth-order valence-corrected chi connectivity index (χ4v) is 3.74. The van der Waals surface area contributed by atoms with E-state index in [0.29, 0.717) is 25.5 Å². The van der Waals surface area contributed by atoms with Gasteiger partial charge in [-0.2, -0.15) is 0 Å². The fourth-order valence-electron chi connectivity index (χ4n) is 3.74. The SMILES string of the molecule is COc1ccc(CN2CCN(CC(=O)Nc3ccc4c(c3)OCCCO4)CC2)cc1. The molecule has 2 aliphatic rings. The zero-order valence-corrected chi connectivity index (χ0v) is 17.4. The second-order valence-corrected chi connectivity index (χ2v) is 7.66. The van der Waals surface area contributed by atoms with E-state index in [9.17, 15) is 4.79 Å². The standard InChI is InChI=1S/C23H29N3O4/c1-28-20-6-3-18(4-7-20)16-25-9-11-26(12-10-25)17-23(27)24-19-5-8-21-22(15-19)30-14-2-13-29-21/h3-8,15H,2,9-14,16-17H2,1H3,(H,24,27). The van der Waals surface area contributed by atoms with Gasteiger partial charge < -0.3 is 19.5 Å². The number of hydrogen-bond acceptors (Lipinski definition) is 6. The lowest BCUT2D eigenvalue weighted by molar-refractivity contribution is -0.117. The van der Waals surface area contributed by atoms with Crippen molar-refractivity contribution in [2.24, 2.45) is 0 Å². The zero-order chi connectivity index (χ0) is 20.8. The Morgan fingerprint density at radius 2 is 1.67 bits per heavy atom. The zero-order valence-electron chi connectivity index (χ0n) is 17.4. The number of hydrogen-bond donors (Lipinski definition) is 1. The van der Waals surface area contributed by atoms with Crippen LogP contribution in [-0.4, -0.2) is 68.8 Å². The summed E-state index contributed by atoms with van der Waals surface area (Å²) >= 11 is 0. The number of ether oxygens (including phenoxy) is 3. The maximum Gasteiger partial charge on any atom is 0.238 e. The van der Waals surface area contributed by atoms with E-state index in [4.69, 9.17) is 14.2 Å². The van der Waals surface area contributed by atoms with Crippen molar-refractivity contribution >= 4 is 11.6 Å². The lowest BCUT2D eigenvalue weighted by Gasteiger charge is -2.34.